The maximum Gasteiger partial charge on any atom is 0.0302 e. The van der Waals surface area contributed by atoms with E-state index in [1.165, 1.54) is 0 Å². The van der Waals surface area contributed by atoms with Crippen molar-refractivity contribution in [3.05, 3.63) is 0 Å². The number of nitrogens with zero attached hydrogens (tertiary/aromatic N) is 2. The van der Waals surface area contributed by atoms with E-state index in [9.17, 15) is 0 Å². The van der Waals surface area contributed by atoms with Gasteiger partial charge in [-0.1, -0.05) is 0 Å². The number of nitrogens with one attached hydrogen (secondary N) is 1. The highest BCUT2D eigenvalue weighted by molar-refractivity contribution is 7.83. The Morgan fingerprint density at radius 2 is 1.92 bits per heavy atom. The SMILES string of the molecule is CN1CCN(CCS(=N)N)CC1. The Labute approximate surface area is 76.7 Å². The van der Waals surface area contributed by atoms with Gasteiger partial charge in [-0.2, -0.15) is 0 Å². The zero-order valence-corrected chi connectivity index (χ0v) is 8.44. The number of piperazine rings is 1. The van der Waals surface area contributed by atoms with Crippen LogP contribution in [0.1, 0.15) is 0 Å². The summed E-state index contributed by atoms with van der Waals surface area (Å²) in [5.41, 5.74) is 0. The average molecular weight is 190 g/mol. The van der Waals surface area contributed by atoms with Crippen LogP contribution in [0, 0.1) is 4.78 Å². The standard InChI is InChI=1S/C7H18N4S/c1-10-2-4-11(5-3-10)6-7-12(8)9/h2-7H2,1H3,(H3,8,9). The number of hydrogen-bond donors (Lipinski definition) is 2. The summed E-state index contributed by atoms with van der Waals surface area (Å²) in [5.74, 6) is 0.823. The molecular weight excluding hydrogens is 172 g/mol. The molecule has 0 spiro atoms. The van der Waals surface area contributed by atoms with Gasteiger partial charge in [-0.25, -0.2) is 0 Å². The first kappa shape index (κ1) is 10.1. The average Bonchev–Trinajstić information content (AvgIpc) is 2.03. The molecule has 4 nitrogen and oxygen atoms in total. The molecule has 1 atom stereocenters. The summed E-state index contributed by atoms with van der Waals surface area (Å²) in [5, 5.41) is 5.39. The molecule has 0 bridgehead atoms. The first-order chi connectivity index (χ1) is 5.68. The third-order valence-corrected chi connectivity index (χ3v) is 2.85. The Balaban J connectivity index is 2.13. The highest BCUT2D eigenvalue weighted by Gasteiger charge is 2.12. The summed E-state index contributed by atoms with van der Waals surface area (Å²) in [4.78, 5) is 4.72. The largest absolute Gasteiger partial charge is 0.304 e. The first-order valence-electron chi connectivity index (χ1n) is 4.26. The quantitative estimate of drug-likeness (QED) is 0.630. The zero-order valence-electron chi connectivity index (χ0n) is 7.62. The molecule has 72 valence electrons. The van der Waals surface area contributed by atoms with Gasteiger partial charge in [0, 0.05) is 38.5 Å². The molecule has 5 heteroatoms. The molecule has 1 fully saturated rings. The van der Waals surface area contributed by atoms with Gasteiger partial charge in [0.25, 0.3) is 0 Å². The summed E-state index contributed by atoms with van der Waals surface area (Å²) in [6.45, 7) is 5.56. The van der Waals surface area contributed by atoms with Gasteiger partial charge in [0.15, 0.2) is 0 Å². The molecule has 0 aromatic heterocycles. The zero-order chi connectivity index (χ0) is 8.97. The van der Waals surface area contributed by atoms with Gasteiger partial charge in [-0.15, -0.1) is 0 Å². The lowest BCUT2D eigenvalue weighted by Gasteiger charge is -2.32. The molecule has 1 aliphatic heterocycles. The Bertz CT molecular complexity index is 153. The predicted octanol–water partition coefficient (Wildman–Crippen LogP) is -0.512. The molecular formula is C7H18N4S. The van der Waals surface area contributed by atoms with Crippen LogP contribution in [0.2, 0.25) is 0 Å². The third-order valence-electron chi connectivity index (χ3n) is 2.22. The minimum Gasteiger partial charge on any atom is -0.304 e. The van der Waals surface area contributed by atoms with Crippen LogP contribution in [0.4, 0.5) is 0 Å². The minimum absolute atomic E-state index is 0.631. The Hall–Kier alpha value is 0.0300. The topological polar surface area (TPSA) is 56.4 Å². The van der Waals surface area contributed by atoms with E-state index in [2.05, 4.69) is 16.8 Å². The summed E-state index contributed by atoms with van der Waals surface area (Å²) < 4.78 is 7.20. The molecule has 0 amide bonds. The van der Waals surface area contributed by atoms with Crippen LogP contribution >= 0.6 is 0 Å². The van der Waals surface area contributed by atoms with Gasteiger partial charge < -0.3 is 4.90 Å². The Morgan fingerprint density at radius 1 is 1.33 bits per heavy atom. The van der Waals surface area contributed by atoms with Gasteiger partial charge >= 0.3 is 0 Å². The predicted molar refractivity (Wildman–Crippen MR) is 53.1 cm³/mol. The molecule has 1 unspecified atom stereocenters. The molecule has 1 heterocycles. The van der Waals surface area contributed by atoms with E-state index >= 15 is 0 Å². The van der Waals surface area contributed by atoms with Crippen LogP contribution in [0.15, 0.2) is 0 Å². The van der Waals surface area contributed by atoms with E-state index in [-0.39, 0.29) is 0 Å². The lowest BCUT2D eigenvalue weighted by Crippen LogP contribution is -2.45. The number of rotatable bonds is 3. The molecule has 0 aromatic rings. The van der Waals surface area contributed by atoms with E-state index in [0.29, 0.717) is 0 Å². The van der Waals surface area contributed by atoms with Crippen LogP contribution in [0.25, 0.3) is 0 Å². The van der Waals surface area contributed by atoms with Crippen molar-refractivity contribution in [2.45, 2.75) is 0 Å². The summed E-state index contributed by atoms with van der Waals surface area (Å²) in [7, 11) is 1.52. The molecule has 12 heavy (non-hydrogen) atoms. The molecule has 0 radical (unpaired) electrons. The lowest BCUT2D eigenvalue weighted by molar-refractivity contribution is 0.161. The Morgan fingerprint density at radius 3 is 2.42 bits per heavy atom. The van der Waals surface area contributed by atoms with E-state index in [4.69, 9.17) is 9.92 Å². The monoisotopic (exact) mass is 190 g/mol. The maximum absolute atomic E-state index is 7.20. The number of likely N-dealkylation sites (N-methyl/N-ethyl adjacent to an activating group) is 1. The van der Waals surface area contributed by atoms with Crippen molar-refractivity contribution in [2.24, 2.45) is 5.14 Å². The second-order valence-corrected chi connectivity index (χ2v) is 4.54. The van der Waals surface area contributed by atoms with Crippen LogP contribution in [-0.2, 0) is 10.9 Å². The molecule has 0 aliphatic carbocycles. The molecule has 0 saturated carbocycles. The second kappa shape index (κ2) is 4.91. The molecule has 3 N–H and O–H groups in total. The van der Waals surface area contributed by atoms with Crippen molar-refractivity contribution < 1.29 is 0 Å². The van der Waals surface area contributed by atoms with Crippen LogP contribution in [0.3, 0.4) is 0 Å². The number of nitrogens with two attached hydrogens (primary N) is 1. The fourth-order valence-corrected chi connectivity index (χ4v) is 1.75. The van der Waals surface area contributed by atoms with Crippen molar-refractivity contribution in [2.75, 3.05) is 45.5 Å². The molecule has 1 aliphatic rings. The van der Waals surface area contributed by atoms with Crippen LogP contribution in [-0.4, -0.2) is 55.3 Å². The van der Waals surface area contributed by atoms with Crippen LogP contribution in [0.5, 0.6) is 0 Å². The van der Waals surface area contributed by atoms with E-state index in [0.717, 1.165) is 38.5 Å². The van der Waals surface area contributed by atoms with Gasteiger partial charge in [0.2, 0.25) is 0 Å². The fourth-order valence-electron chi connectivity index (χ4n) is 1.30. The van der Waals surface area contributed by atoms with Crippen molar-refractivity contribution >= 4 is 10.9 Å². The summed E-state index contributed by atoms with van der Waals surface area (Å²) in [6.07, 6.45) is 0. The van der Waals surface area contributed by atoms with Gasteiger partial charge in [-0.3, -0.25) is 14.8 Å². The van der Waals surface area contributed by atoms with Crippen molar-refractivity contribution in [1.82, 2.24) is 9.80 Å². The van der Waals surface area contributed by atoms with Crippen molar-refractivity contribution in [1.29, 1.82) is 4.78 Å². The maximum atomic E-state index is 7.20. The summed E-state index contributed by atoms with van der Waals surface area (Å²) >= 11 is 0. The van der Waals surface area contributed by atoms with E-state index < -0.39 is 10.9 Å². The highest BCUT2D eigenvalue weighted by atomic mass is 32.2. The first-order valence-corrected chi connectivity index (χ1v) is 5.71. The van der Waals surface area contributed by atoms with Gasteiger partial charge in [0.1, 0.15) is 0 Å². The third kappa shape index (κ3) is 3.62. The Kier molecular flexibility index (Phi) is 4.14. The number of hydrogen-bond acceptors (Lipinski definition) is 3. The van der Waals surface area contributed by atoms with Crippen LogP contribution < -0.4 is 5.14 Å². The lowest BCUT2D eigenvalue weighted by atomic mass is 10.3. The minimum atomic E-state index is -0.631. The van der Waals surface area contributed by atoms with Gasteiger partial charge in [0.05, 0.1) is 0 Å². The normalized spacial score (nSPS) is 24.2. The fraction of sp³-hybridized carbons (Fsp3) is 1.00. The van der Waals surface area contributed by atoms with Crippen molar-refractivity contribution in [3.8, 4) is 0 Å². The van der Waals surface area contributed by atoms with Crippen molar-refractivity contribution in [3.63, 3.8) is 0 Å². The van der Waals surface area contributed by atoms with Gasteiger partial charge in [-0.05, 0) is 17.9 Å². The molecule has 1 rings (SSSR count). The molecule has 1 saturated heterocycles. The van der Waals surface area contributed by atoms with E-state index in [1.54, 1.807) is 0 Å². The smallest absolute Gasteiger partial charge is 0.0302 e. The van der Waals surface area contributed by atoms with E-state index in [1.807, 2.05) is 0 Å². The summed E-state index contributed by atoms with van der Waals surface area (Å²) in [6, 6.07) is 0. The molecule has 0 aromatic carbocycles. The second-order valence-electron chi connectivity index (χ2n) is 3.28. The highest BCUT2D eigenvalue weighted by Crippen LogP contribution is 1.97.